The minimum Gasteiger partial charge on any atom is -0.497 e. The van der Waals surface area contributed by atoms with E-state index in [1.807, 2.05) is 28.5 Å². The third-order valence-electron chi connectivity index (χ3n) is 3.30. The van der Waals surface area contributed by atoms with Gasteiger partial charge in [0.05, 0.1) is 7.11 Å². The van der Waals surface area contributed by atoms with Crippen LogP contribution >= 0.6 is 11.8 Å². The molecule has 1 aromatic carbocycles. The summed E-state index contributed by atoms with van der Waals surface area (Å²) < 4.78 is 7.16. The maximum Gasteiger partial charge on any atom is 0.222 e. The molecule has 0 bridgehead atoms. The van der Waals surface area contributed by atoms with Gasteiger partial charge in [-0.2, -0.15) is 11.8 Å². The topological polar surface area (TPSA) is 66.0 Å². The molecule has 1 atom stereocenters. The number of rotatable bonds is 4. The molecule has 2 N–H and O–H groups in total. The Hall–Kier alpha value is -1.69. The lowest BCUT2D eigenvalue weighted by atomic mass is 10.2. The fraction of sp³-hybridized carbons (Fsp3) is 0.385. The van der Waals surface area contributed by atoms with Gasteiger partial charge >= 0.3 is 0 Å². The van der Waals surface area contributed by atoms with Crippen molar-refractivity contribution in [1.29, 1.82) is 0 Å². The van der Waals surface area contributed by atoms with Crippen LogP contribution < -0.4 is 10.5 Å². The number of hydrogen-bond donors (Lipinski definition) is 1. The highest BCUT2D eigenvalue weighted by molar-refractivity contribution is 7.99. The third kappa shape index (κ3) is 2.53. The summed E-state index contributed by atoms with van der Waals surface area (Å²) in [5, 5.41) is 8.50. The molecule has 19 heavy (non-hydrogen) atoms. The maximum absolute atomic E-state index is 5.76. The molecule has 100 valence electrons. The van der Waals surface area contributed by atoms with E-state index in [2.05, 4.69) is 22.3 Å². The summed E-state index contributed by atoms with van der Waals surface area (Å²) in [6.07, 6.45) is 0.949. The summed E-state index contributed by atoms with van der Waals surface area (Å²) in [5.41, 5.74) is 7.07. The highest BCUT2D eigenvalue weighted by atomic mass is 32.2. The highest BCUT2D eigenvalue weighted by Crippen LogP contribution is 2.28. The Morgan fingerprint density at radius 1 is 1.37 bits per heavy atom. The SMILES string of the molecule is COc1ccc(CSC2Cc3nnc(N)n3C2)cc1. The van der Waals surface area contributed by atoms with Crippen molar-refractivity contribution in [3.8, 4) is 5.75 Å². The lowest BCUT2D eigenvalue weighted by Gasteiger charge is -2.09. The van der Waals surface area contributed by atoms with Gasteiger partial charge in [0, 0.05) is 24.0 Å². The molecule has 2 aromatic rings. The van der Waals surface area contributed by atoms with E-state index < -0.39 is 0 Å². The van der Waals surface area contributed by atoms with E-state index in [1.165, 1.54) is 5.56 Å². The number of aromatic nitrogens is 3. The minimum absolute atomic E-state index is 0.530. The number of nitrogen functional groups attached to an aromatic ring is 1. The minimum atomic E-state index is 0.530. The largest absolute Gasteiger partial charge is 0.497 e. The quantitative estimate of drug-likeness (QED) is 0.921. The van der Waals surface area contributed by atoms with E-state index in [0.29, 0.717) is 11.2 Å². The first-order valence-electron chi connectivity index (χ1n) is 6.18. The predicted molar refractivity (Wildman–Crippen MR) is 76.2 cm³/mol. The fourth-order valence-electron chi connectivity index (χ4n) is 2.22. The molecular formula is C13H16N4OS. The van der Waals surface area contributed by atoms with Gasteiger partial charge in [-0.3, -0.25) is 4.57 Å². The van der Waals surface area contributed by atoms with Gasteiger partial charge in [0.1, 0.15) is 11.6 Å². The number of fused-ring (bicyclic) bond motifs is 1. The van der Waals surface area contributed by atoms with Crippen LogP contribution in [0.25, 0.3) is 0 Å². The summed E-state index contributed by atoms with van der Waals surface area (Å²) in [5.74, 6) is 3.42. The Labute approximate surface area is 116 Å². The van der Waals surface area contributed by atoms with Crippen LogP contribution in [0.2, 0.25) is 0 Å². The zero-order chi connectivity index (χ0) is 13.2. The Balaban J connectivity index is 1.56. The van der Waals surface area contributed by atoms with E-state index in [-0.39, 0.29) is 0 Å². The number of nitrogens with zero attached hydrogens (tertiary/aromatic N) is 3. The molecule has 3 rings (SSSR count). The summed E-state index contributed by atoms with van der Waals surface area (Å²) in [7, 11) is 1.68. The van der Waals surface area contributed by atoms with Crippen LogP contribution in [0.15, 0.2) is 24.3 Å². The lowest BCUT2D eigenvalue weighted by molar-refractivity contribution is 0.414. The molecule has 2 heterocycles. The molecule has 0 aliphatic carbocycles. The van der Waals surface area contributed by atoms with E-state index >= 15 is 0 Å². The van der Waals surface area contributed by atoms with E-state index in [0.717, 1.165) is 30.3 Å². The monoisotopic (exact) mass is 276 g/mol. The first-order valence-corrected chi connectivity index (χ1v) is 7.23. The van der Waals surface area contributed by atoms with Gasteiger partial charge in [0.15, 0.2) is 0 Å². The fourth-order valence-corrected chi connectivity index (χ4v) is 3.36. The predicted octanol–water partition coefficient (Wildman–Crippen LogP) is 1.73. The number of thioether (sulfide) groups is 1. The average Bonchev–Trinajstić information content (AvgIpc) is 2.99. The molecule has 1 aromatic heterocycles. The zero-order valence-electron chi connectivity index (χ0n) is 10.7. The van der Waals surface area contributed by atoms with Crippen molar-refractivity contribution in [2.45, 2.75) is 24.0 Å². The van der Waals surface area contributed by atoms with Crippen molar-refractivity contribution in [3.63, 3.8) is 0 Å². The van der Waals surface area contributed by atoms with Crippen molar-refractivity contribution < 1.29 is 4.74 Å². The number of benzene rings is 1. The van der Waals surface area contributed by atoms with Crippen LogP contribution in [0, 0.1) is 0 Å². The summed E-state index contributed by atoms with van der Waals surface area (Å²) in [4.78, 5) is 0. The number of ether oxygens (including phenoxy) is 1. The number of methoxy groups -OCH3 is 1. The smallest absolute Gasteiger partial charge is 0.222 e. The first kappa shape index (κ1) is 12.3. The molecule has 0 fully saturated rings. The molecule has 5 nitrogen and oxygen atoms in total. The van der Waals surface area contributed by atoms with Gasteiger partial charge in [-0.1, -0.05) is 12.1 Å². The highest BCUT2D eigenvalue weighted by Gasteiger charge is 2.25. The van der Waals surface area contributed by atoms with Crippen LogP contribution in [-0.4, -0.2) is 27.1 Å². The second-order valence-electron chi connectivity index (χ2n) is 4.57. The van der Waals surface area contributed by atoms with Crippen LogP contribution in [0.1, 0.15) is 11.4 Å². The standard InChI is InChI=1S/C13H16N4OS/c1-18-10-4-2-9(3-5-10)8-19-11-6-12-15-16-13(14)17(12)7-11/h2-5,11H,6-8H2,1H3,(H2,14,16). The van der Waals surface area contributed by atoms with E-state index in [4.69, 9.17) is 10.5 Å². The number of anilines is 1. The number of nitrogens with two attached hydrogens (primary N) is 1. The average molecular weight is 276 g/mol. The zero-order valence-corrected chi connectivity index (χ0v) is 11.6. The second-order valence-corrected chi connectivity index (χ2v) is 5.86. The first-order chi connectivity index (χ1) is 9.26. The molecule has 1 unspecified atom stereocenters. The van der Waals surface area contributed by atoms with Gasteiger partial charge in [-0.25, -0.2) is 0 Å². The summed E-state index contributed by atoms with van der Waals surface area (Å²) >= 11 is 1.94. The van der Waals surface area contributed by atoms with E-state index in [1.54, 1.807) is 7.11 Å². The van der Waals surface area contributed by atoms with Crippen LogP contribution in [-0.2, 0) is 18.7 Å². The Kier molecular flexibility index (Phi) is 3.33. The van der Waals surface area contributed by atoms with Gasteiger partial charge in [-0.15, -0.1) is 10.2 Å². The molecule has 0 spiro atoms. The summed E-state index contributed by atoms with van der Waals surface area (Å²) in [6.45, 7) is 0.912. The van der Waals surface area contributed by atoms with Gasteiger partial charge in [0.2, 0.25) is 5.95 Å². The van der Waals surface area contributed by atoms with Crippen molar-refractivity contribution in [3.05, 3.63) is 35.7 Å². The molecule has 0 radical (unpaired) electrons. The second kappa shape index (κ2) is 5.13. The molecule has 1 aliphatic rings. The van der Waals surface area contributed by atoms with Gasteiger partial charge in [-0.05, 0) is 17.7 Å². The van der Waals surface area contributed by atoms with Crippen molar-refractivity contribution in [1.82, 2.24) is 14.8 Å². The maximum atomic E-state index is 5.76. The summed E-state index contributed by atoms with van der Waals surface area (Å²) in [6, 6.07) is 8.21. The lowest BCUT2D eigenvalue weighted by Crippen LogP contribution is -2.07. The van der Waals surface area contributed by atoms with Crippen LogP contribution in [0.4, 0.5) is 5.95 Å². The number of hydrogen-bond acceptors (Lipinski definition) is 5. The Bertz CT molecular complexity index is 567. The molecule has 6 heteroatoms. The van der Waals surface area contributed by atoms with Crippen LogP contribution in [0.5, 0.6) is 5.75 Å². The molecule has 0 saturated carbocycles. The molecular weight excluding hydrogens is 260 g/mol. The normalized spacial score (nSPS) is 17.4. The molecule has 0 saturated heterocycles. The third-order valence-corrected chi connectivity index (χ3v) is 4.58. The van der Waals surface area contributed by atoms with Crippen molar-refractivity contribution >= 4 is 17.7 Å². The van der Waals surface area contributed by atoms with Crippen molar-refractivity contribution in [2.75, 3.05) is 12.8 Å². The van der Waals surface area contributed by atoms with E-state index in [9.17, 15) is 0 Å². The van der Waals surface area contributed by atoms with Crippen molar-refractivity contribution in [2.24, 2.45) is 0 Å². The van der Waals surface area contributed by atoms with Gasteiger partial charge in [0.25, 0.3) is 0 Å². The molecule has 0 amide bonds. The van der Waals surface area contributed by atoms with Crippen LogP contribution in [0.3, 0.4) is 0 Å². The van der Waals surface area contributed by atoms with Gasteiger partial charge < -0.3 is 10.5 Å². The Morgan fingerprint density at radius 2 is 2.16 bits per heavy atom. The Morgan fingerprint density at radius 3 is 2.84 bits per heavy atom. The molecule has 1 aliphatic heterocycles.